The molecule has 1 spiro atoms. The number of ether oxygens (including phenoxy) is 2. The molecular formula is C19H24N4O3. The molecule has 138 valence electrons. The Balaban J connectivity index is 1.58. The highest BCUT2D eigenvalue weighted by Gasteiger charge is 2.39. The maximum atomic E-state index is 13.1. The molecule has 0 aliphatic carbocycles. The molecule has 3 heterocycles. The van der Waals surface area contributed by atoms with Gasteiger partial charge in [-0.25, -0.2) is 9.97 Å². The van der Waals surface area contributed by atoms with Gasteiger partial charge in [-0.1, -0.05) is 0 Å². The van der Waals surface area contributed by atoms with Gasteiger partial charge in [0.05, 0.1) is 48.8 Å². The van der Waals surface area contributed by atoms with Gasteiger partial charge in [0.2, 0.25) is 0 Å². The minimum absolute atomic E-state index is 0.00106. The van der Waals surface area contributed by atoms with E-state index in [4.69, 9.17) is 9.47 Å². The number of fused-ring (bicyclic) bond motifs is 1. The molecule has 0 bridgehead atoms. The number of benzene rings is 1. The normalized spacial score (nSPS) is 24.0. The van der Waals surface area contributed by atoms with Gasteiger partial charge in [-0.15, -0.1) is 0 Å². The van der Waals surface area contributed by atoms with E-state index in [2.05, 4.69) is 15.3 Å². The van der Waals surface area contributed by atoms with Crippen LogP contribution in [0, 0.1) is 13.8 Å². The summed E-state index contributed by atoms with van der Waals surface area (Å²) >= 11 is 0. The van der Waals surface area contributed by atoms with Crippen LogP contribution < -0.4 is 5.32 Å². The molecule has 2 saturated heterocycles. The van der Waals surface area contributed by atoms with Gasteiger partial charge in [-0.2, -0.15) is 0 Å². The number of carbonyl (C=O) groups excluding carboxylic acids is 1. The second-order valence-electron chi connectivity index (χ2n) is 7.09. The maximum absolute atomic E-state index is 13.1. The number of rotatable bonds is 1. The number of aromatic nitrogens is 2. The molecule has 2 aliphatic heterocycles. The standard InChI is InChI=1S/C19H24N4O3/c1-13-14(2)22-17-9-15(3-4-16(17)21-13)18(24)23-6-8-26-19(11-23)10-20-5-7-25-12-19/h3-4,9,20H,5-8,10-12H2,1-2H3. The Bertz CT molecular complexity index is 831. The van der Waals surface area contributed by atoms with Crippen molar-refractivity contribution in [3.63, 3.8) is 0 Å². The second kappa shape index (κ2) is 6.90. The first-order valence-electron chi connectivity index (χ1n) is 9.03. The number of hydrogen-bond acceptors (Lipinski definition) is 6. The molecule has 0 radical (unpaired) electrons. The molecule has 2 fully saturated rings. The Morgan fingerprint density at radius 2 is 2.00 bits per heavy atom. The summed E-state index contributed by atoms with van der Waals surface area (Å²) in [5.41, 5.74) is 3.52. The molecule has 2 aromatic rings. The van der Waals surface area contributed by atoms with Crippen LogP contribution in [-0.2, 0) is 9.47 Å². The third-order valence-electron chi connectivity index (χ3n) is 5.09. The molecule has 1 N–H and O–H groups in total. The predicted octanol–water partition coefficient (Wildman–Crippen LogP) is 1.08. The van der Waals surface area contributed by atoms with Crippen molar-refractivity contribution in [1.82, 2.24) is 20.2 Å². The van der Waals surface area contributed by atoms with E-state index in [0.29, 0.717) is 45.0 Å². The molecule has 4 rings (SSSR count). The van der Waals surface area contributed by atoms with Crippen LogP contribution in [0.4, 0.5) is 0 Å². The summed E-state index contributed by atoms with van der Waals surface area (Å²) in [7, 11) is 0. The average molecular weight is 356 g/mol. The van der Waals surface area contributed by atoms with Crippen molar-refractivity contribution in [2.24, 2.45) is 0 Å². The van der Waals surface area contributed by atoms with Gasteiger partial charge in [0.25, 0.3) is 5.91 Å². The third kappa shape index (κ3) is 3.30. The summed E-state index contributed by atoms with van der Waals surface area (Å²) < 4.78 is 11.7. The summed E-state index contributed by atoms with van der Waals surface area (Å²) in [6.45, 7) is 8.17. The van der Waals surface area contributed by atoms with Crippen molar-refractivity contribution in [2.45, 2.75) is 19.4 Å². The van der Waals surface area contributed by atoms with Crippen molar-refractivity contribution in [3.05, 3.63) is 35.2 Å². The largest absolute Gasteiger partial charge is 0.377 e. The van der Waals surface area contributed by atoms with Gasteiger partial charge in [-0.05, 0) is 32.0 Å². The predicted molar refractivity (Wildman–Crippen MR) is 97.3 cm³/mol. The number of carbonyl (C=O) groups is 1. The maximum Gasteiger partial charge on any atom is 0.254 e. The molecule has 7 nitrogen and oxygen atoms in total. The Hall–Kier alpha value is -2.09. The summed E-state index contributed by atoms with van der Waals surface area (Å²) in [5.74, 6) is -0.00106. The molecule has 1 unspecified atom stereocenters. The average Bonchev–Trinajstić information content (AvgIpc) is 2.87. The fraction of sp³-hybridized carbons (Fsp3) is 0.526. The first kappa shape index (κ1) is 17.3. The highest BCUT2D eigenvalue weighted by Crippen LogP contribution is 2.22. The van der Waals surface area contributed by atoms with Gasteiger partial charge >= 0.3 is 0 Å². The molecule has 1 aromatic heterocycles. The lowest BCUT2D eigenvalue weighted by molar-refractivity contribution is -0.125. The van der Waals surface area contributed by atoms with Gasteiger partial charge in [0, 0.05) is 25.2 Å². The zero-order chi connectivity index (χ0) is 18.1. The minimum atomic E-state index is -0.464. The zero-order valence-electron chi connectivity index (χ0n) is 15.2. The van der Waals surface area contributed by atoms with E-state index >= 15 is 0 Å². The molecule has 1 atom stereocenters. The molecule has 0 saturated carbocycles. The summed E-state index contributed by atoms with van der Waals surface area (Å²) in [4.78, 5) is 24.0. The van der Waals surface area contributed by atoms with E-state index in [1.54, 1.807) is 0 Å². The number of amides is 1. The van der Waals surface area contributed by atoms with Gasteiger partial charge in [-0.3, -0.25) is 4.79 Å². The summed E-state index contributed by atoms with van der Waals surface area (Å²) in [5, 5.41) is 3.34. The van der Waals surface area contributed by atoms with Gasteiger partial charge in [0.15, 0.2) is 0 Å². The molecular weight excluding hydrogens is 332 g/mol. The quantitative estimate of drug-likeness (QED) is 0.824. The van der Waals surface area contributed by atoms with Crippen molar-refractivity contribution in [2.75, 3.05) is 46.0 Å². The highest BCUT2D eigenvalue weighted by atomic mass is 16.5. The van der Waals surface area contributed by atoms with Crippen LogP contribution >= 0.6 is 0 Å². The number of nitrogens with zero attached hydrogens (tertiary/aromatic N) is 3. The van der Waals surface area contributed by atoms with Crippen LogP contribution in [0.3, 0.4) is 0 Å². The Labute approximate surface area is 152 Å². The van der Waals surface area contributed by atoms with E-state index < -0.39 is 5.60 Å². The van der Waals surface area contributed by atoms with Crippen molar-refractivity contribution in [3.8, 4) is 0 Å². The van der Waals surface area contributed by atoms with Crippen LogP contribution in [0.2, 0.25) is 0 Å². The van der Waals surface area contributed by atoms with E-state index in [1.807, 2.05) is 36.9 Å². The lowest BCUT2D eigenvalue weighted by atomic mass is 10.0. The zero-order valence-corrected chi connectivity index (χ0v) is 15.2. The Kier molecular flexibility index (Phi) is 4.60. The van der Waals surface area contributed by atoms with Crippen LogP contribution in [0.5, 0.6) is 0 Å². The summed E-state index contributed by atoms with van der Waals surface area (Å²) in [6.07, 6.45) is 0. The lowest BCUT2D eigenvalue weighted by Crippen LogP contribution is -2.59. The number of morpholine rings is 1. The number of aryl methyl sites for hydroxylation is 2. The van der Waals surface area contributed by atoms with Crippen molar-refractivity contribution in [1.29, 1.82) is 0 Å². The monoisotopic (exact) mass is 356 g/mol. The molecule has 1 aromatic carbocycles. The number of nitrogens with one attached hydrogen (secondary N) is 1. The fourth-order valence-electron chi connectivity index (χ4n) is 3.53. The van der Waals surface area contributed by atoms with Gasteiger partial charge in [0.1, 0.15) is 5.60 Å². The molecule has 26 heavy (non-hydrogen) atoms. The smallest absolute Gasteiger partial charge is 0.254 e. The van der Waals surface area contributed by atoms with E-state index in [-0.39, 0.29) is 5.91 Å². The Morgan fingerprint density at radius 1 is 1.19 bits per heavy atom. The number of hydrogen-bond donors (Lipinski definition) is 1. The van der Waals surface area contributed by atoms with Crippen LogP contribution in [-0.4, -0.2) is 72.4 Å². The lowest BCUT2D eigenvalue weighted by Gasteiger charge is -2.41. The summed E-state index contributed by atoms with van der Waals surface area (Å²) in [6, 6.07) is 5.54. The molecule has 2 aliphatic rings. The SMILES string of the molecule is Cc1nc2ccc(C(=O)N3CCOC4(CNCCOC4)C3)cc2nc1C. The second-order valence-corrected chi connectivity index (χ2v) is 7.09. The first-order chi connectivity index (χ1) is 12.6. The third-order valence-corrected chi connectivity index (χ3v) is 5.09. The van der Waals surface area contributed by atoms with Crippen LogP contribution in [0.25, 0.3) is 11.0 Å². The van der Waals surface area contributed by atoms with Crippen LogP contribution in [0.15, 0.2) is 18.2 Å². The minimum Gasteiger partial charge on any atom is -0.377 e. The van der Waals surface area contributed by atoms with E-state index in [0.717, 1.165) is 29.0 Å². The fourth-order valence-corrected chi connectivity index (χ4v) is 3.53. The molecule has 7 heteroatoms. The van der Waals surface area contributed by atoms with Crippen LogP contribution in [0.1, 0.15) is 21.7 Å². The van der Waals surface area contributed by atoms with Crippen molar-refractivity contribution < 1.29 is 14.3 Å². The Morgan fingerprint density at radius 3 is 2.85 bits per heavy atom. The molecule has 1 amide bonds. The van der Waals surface area contributed by atoms with E-state index in [1.165, 1.54) is 0 Å². The van der Waals surface area contributed by atoms with Gasteiger partial charge < -0.3 is 19.7 Å². The first-order valence-corrected chi connectivity index (χ1v) is 9.03. The highest BCUT2D eigenvalue weighted by molar-refractivity contribution is 5.97. The van der Waals surface area contributed by atoms with E-state index in [9.17, 15) is 4.79 Å². The topological polar surface area (TPSA) is 76.6 Å². The van der Waals surface area contributed by atoms with Crippen molar-refractivity contribution >= 4 is 16.9 Å².